The lowest BCUT2D eigenvalue weighted by molar-refractivity contribution is 0.290. The zero-order chi connectivity index (χ0) is 20.7. The van der Waals surface area contributed by atoms with Gasteiger partial charge in [0.2, 0.25) is 0 Å². The van der Waals surface area contributed by atoms with E-state index in [0.717, 1.165) is 5.56 Å². The molecular weight excluding hydrogens is 331 g/mol. The second-order valence-electron chi connectivity index (χ2n) is 5.86. The quantitative estimate of drug-likeness (QED) is 0.577. The van der Waals surface area contributed by atoms with Gasteiger partial charge < -0.3 is 9.84 Å². The third-order valence-corrected chi connectivity index (χ3v) is 3.96. The van der Waals surface area contributed by atoms with Gasteiger partial charge in [0.1, 0.15) is 12.4 Å². The van der Waals surface area contributed by atoms with Gasteiger partial charge in [-0.15, -0.1) is 0 Å². The second kappa shape index (κ2) is 6.52. The highest BCUT2D eigenvalue weighted by atomic mass is 19.1. The predicted molar refractivity (Wildman–Crippen MR) is 98.2 cm³/mol. The van der Waals surface area contributed by atoms with Crippen LogP contribution in [0.5, 0.6) is 11.5 Å². The van der Waals surface area contributed by atoms with E-state index in [1.54, 1.807) is 6.07 Å². The molecule has 0 spiro atoms. The summed E-state index contributed by atoms with van der Waals surface area (Å²) in [5.41, 5.74) is 1.59. The van der Waals surface area contributed by atoms with Crippen molar-refractivity contribution in [2.45, 2.75) is 13.5 Å². The molecule has 130 valence electrons. The van der Waals surface area contributed by atoms with E-state index in [0.29, 0.717) is 0 Å². The Morgan fingerprint density at radius 1 is 1.19 bits per heavy atom. The zero-order valence-electron chi connectivity index (χ0n) is 17.0. The molecule has 4 aromatic rings. The van der Waals surface area contributed by atoms with Crippen molar-refractivity contribution in [3.05, 3.63) is 83.7 Å². The fraction of sp³-hybridized carbons (Fsp3) is 0.0952. The first-order valence-corrected chi connectivity index (χ1v) is 8.03. The number of phenols is 1. The van der Waals surface area contributed by atoms with Gasteiger partial charge in [-0.05, 0) is 42.3 Å². The minimum Gasteiger partial charge on any atom is -0.507 e. The van der Waals surface area contributed by atoms with Crippen molar-refractivity contribution < 1.29 is 18.3 Å². The van der Waals surface area contributed by atoms with Gasteiger partial charge in [0.25, 0.3) is 0 Å². The average molecular weight is 351 g/mol. The lowest BCUT2D eigenvalue weighted by Gasteiger charge is -2.10. The Morgan fingerprint density at radius 2 is 2.00 bits per heavy atom. The van der Waals surface area contributed by atoms with E-state index in [2.05, 4.69) is 5.10 Å². The van der Waals surface area contributed by atoms with E-state index in [-0.39, 0.29) is 52.8 Å². The Labute approximate surface area is 154 Å². The molecular formula is C21H17FN2O2. The van der Waals surface area contributed by atoms with E-state index in [1.165, 1.54) is 23.7 Å². The first kappa shape index (κ1) is 12.9. The van der Waals surface area contributed by atoms with E-state index in [1.807, 2.05) is 30.3 Å². The summed E-state index contributed by atoms with van der Waals surface area (Å²) in [6.07, 6.45) is -0.288. The van der Waals surface area contributed by atoms with Crippen LogP contribution in [-0.4, -0.2) is 14.9 Å². The van der Waals surface area contributed by atoms with Crippen molar-refractivity contribution in [2.24, 2.45) is 0 Å². The Hall–Kier alpha value is -3.34. The standard InChI is InChI=1S/C21H17FN2O2/c1-14-9-19-17(20(25)10-14)12-23-24(19)16-7-8-21(18(22)11-16)26-13-15-5-3-2-4-6-15/h2-12,25H,13H2,1H3/i9D,10D,12D. The molecule has 0 bridgehead atoms. The molecule has 0 radical (unpaired) electrons. The van der Waals surface area contributed by atoms with Crippen LogP contribution in [0.25, 0.3) is 16.6 Å². The van der Waals surface area contributed by atoms with Gasteiger partial charge in [-0.3, -0.25) is 0 Å². The van der Waals surface area contributed by atoms with E-state index < -0.39 is 11.6 Å². The van der Waals surface area contributed by atoms with Gasteiger partial charge in [-0.25, -0.2) is 9.07 Å². The lowest BCUT2D eigenvalue weighted by atomic mass is 10.1. The molecule has 1 aromatic heterocycles. The monoisotopic (exact) mass is 351 g/mol. The van der Waals surface area contributed by atoms with Crippen molar-refractivity contribution in [2.75, 3.05) is 0 Å². The molecule has 0 atom stereocenters. The number of nitrogens with zero attached hydrogens (tertiary/aromatic N) is 2. The maximum Gasteiger partial charge on any atom is 0.167 e. The van der Waals surface area contributed by atoms with Gasteiger partial charge in [0, 0.05) is 6.07 Å². The average Bonchev–Trinajstić information content (AvgIpc) is 3.07. The third-order valence-electron chi connectivity index (χ3n) is 3.96. The smallest absolute Gasteiger partial charge is 0.167 e. The van der Waals surface area contributed by atoms with Crippen LogP contribution in [0.4, 0.5) is 4.39 Å². The molecule has 0 saturated heterocycles. The fourth-order valence-electron chi connectivity index (χ4n) is 2.70. The highest BCUT2D eigenvalue weighted by Gasteiger charge is 2.12. The predicted octanol–water partition coefficient (Wildman–Crippen LogP) is 4.76. The molecule has 5 heteroatoms. The number of halogens is 1. The number of benzene rings is 3. The molecule has 1 N–H and O–H groups in total. The van der Waals surface area contributed by atoms with Crippen molar-refractivity contribution in [1.29, 1.82) is 0 Å². The number of phenolic OH excluding ortho intramolecular Hbond substituents is 1. The van der Waals surface area contributed by atoms with Crippen LogP contribution in [-0.2, 0) is 6.61 Å². The number of ether oxygens (including phenoxy) is 1. The SMILES string of the molecule is [2H]c1c(C)c([2H])c2c(c([2H])nn2-c2ccc(OCc3ccccc3)c(F)c2)c1O. The summed E-state index contributed by atoms with van der Waals surface area (Å²) >= 11 is 0. The number of hydrogen-bond acceptors (Lipinski definition) is 3. The molecule has 0 aliphatic carbocycles. The fourth-order valence-corrected chi connectivity index (χ4v) is 2.70. The molecule has 4 rings (SSSR count). The minimum absolute atomic E-state index is 0.00425. The van der Waals surface area contributed by atoms with Crippen molar-refractivity contribution in [3.8, 4) is 17.2 Å². The summed E-state index contributed by atoms with van der Waals surface area (Å²) in [5.74, 6) is -0.954. The van der Waals surface area contributed by atoms with Crippen molar-refractivity contribution in [1.82, 2.24) is 9.78 Å². The molecule has 0 fully saturated rings. The topological polar surface area (TPSA) is 47.3 Å². The number of rotatable bonds is 4. The molecule has 0 aliphatic rings. The van der Waals surface area contributed by atoms with Crippen LogP contribution in [0, 0.1) is 12.7 Å². The van der Waals surface area contributed by atoms with Crippen LogP contribution in [0.1, 0.15) is 15.2 Å². The minimum atomic E-state index is -0.613. The van der Waals surface area contributed by atoms with Crippen LogP contribution >= 0.6 is 0 Å². The van der Waals surface area contributed by atoms with Gasteiger partial charge in [0.05, 0.1) is 26.9 Å². The van der Waals surface area contributed by atoms with Crippen LogP contribution in [0.3, 0.4) is 0 Å². The summed E-state index contributed by atoms with van der Waals surface area (Å²) in [4.78, 5) is 0. The summed E-state index contributed by atoms with van der Waals surface area (Å²) in [5, 5.41) is 14.3. The summed E-state index contributed by atoms with van der Waals surface area (Å²) in [6.45, 7) is 1.75. The maximum atomic E-state index is 14.6. The van der Waals surface area contributed by atoms with Gasteiger partial charge in [-0.1, -0.05) is 30.3 Å². The first-order valence-electron chi connectivity index (χ1n) is 9.53. The van der Waals surface area contributed by atoms with Crippen LogP contribution in [0.2, 0.25) is 0 Å². The van der Waals surface area contributed by atoms with Gasteiger partial charge in [-0.2, -0.15) is 5.10 Å². The molecule has 0 saturated carbocycles. The van der Waals surface area contributed by atoms with Crippen LogP contribution < -0.4 is 4.74 Å². The Morgan fingerprint density at radius 3 is 2.77 bits per heavy atom. The summed E-state index contributed by atoms with van der Waals surface area (Å²) < 4.78 is 45.6. The number of aromatic nitrogens is 2. The Bertz CT molecular complexity index is 1230. The highest BCUT2D eigenvalue weighted by molar-refractivity contribution is 5.86. The zero-order valence-corrected chi connectivity index (χ0v) is 14.0. The normalized spacial score (nSPS) is 12.6. The highest BCUT2D eigenvalue weighted by Crippen LogP contribution is 2.29. The van der Waals surface area contributed by atoms with E-state index in [9.17, 15) is 9.50 Å². The van der Waals surface area contributed by atoms with Gasteiger partial charge in [0.15, 0.2) is 11.6 Å². The molecule has 1 heterocycles. The Kier molecular flexibility index (Phi) is 3.24. The first-order chi connectivity index (χ1) is 13.9. The largest absolute Gasteiger partial charge is 0.507 e. The summed E-state index contributed by atoms with van der Waals surface area (Å²) in [6, 6.07) is 13.4. The summed E-state index contributed by atoms with van der Waals surface area (Å²) in [7, 11) is 0. The molecule has 0 unspecified atom stereocenters. The molecule has 3 aromatic carbocycles. The van der Waals surface area contributed by atoms with Crippen molar-refractivity contribution in [3.63, 3.8) is 0 Å². The second-order valence-corrected chi connectivity index (χ2v) is 5.86. The molecule has 0 amide bonds. The van der Waals surface area contributed by atoms with Crippen molar-refractivity contribution >= 4 is 10.9 Å². The van der Waals surface area contributed by atoms with E-state index >= 15 is 0 Å². The lowest BCUT2D eigenvalue weighted by Crippen LogP contribution is -2.00. The maximum absolute atomic E-state index is 14.6. The van der Waals surface area contributed by atoms with E-state index in [4.69, 9.17) is 8.85 Å². The molecule has 4 nitrogen and oxygen atoms in total. The third kappa shape index (κ3) is 2.99. The number of aromatic hydroxyl groups is 1. The number of fused-ring (bicyclic) bond motifs is 1. The number of hydrogen-bond donors (Lipinski definition) is 1. The van der Waals surface area contributed by atoms with Gasteiger partial charge >= 0.3 is 0 Å². The van der Waals surface area contributed by atoms with Crippen LogP contribution in [0.15, 0.2) is 66.8 Å². The molecule has 0 aliphatic heterocycles. The molecule has 26 heavy (non-hydrogen) atoms. The Balaban J connectivity index is 1.74.